The minimum atomic E-state index is 0.269. The minimum Gasteiger partial charge on any atom is -0.396 e. The van der Waals surface area contributed by atoms with Crippen molar-refractivity contribution in [2.75, 3.05) is 59.5 Å². The number of amides is 1. The maximum Gasteiger partial charge on any atom is 0.236 e. The van der Waals surface area contributed by atoms with Gasteiger partial charge in [0.05, 0.1) is 6.54 Å². The molecule has 0 bridgehead atoms. The second kappa shape index (κ2) is 6.50. The molecule has 2 saturated heterocycles. The molecule has 0 saturated carbocycles. The molecule has 0 spiro atoms. The Labute approximate surface area is 109 Å². The number of piperazine rings is 1. The van der Waals surface area contributed by atoms with Gasteiger partial charge in [-0.15, -0.1) is 0 Å². The molecule has 5 nitrogen and oxygen atoms in total. The van der Waals surface area contributed by atoms with E-state index in [2.05, 4.69) is 16.8 Å². The van der Waals surface area contributed by atoms with Crippen molar-refractivity contribution in [2.45, 2.75) is 12.8 Å². The summed E-state index contributed by atoms with van der Waals surface area (Å²) in [5.74, 6) is 0.713. The van der Waals surface area contributed by atoms with Crippen LogP contribution in [0.25, 0.3) is 0 Å². The normalized spacial score (nSPS) is 24.4. The number of likely N-dealkylation sites (tertiary alicyclic amines) is 1. The van der Waals surface area contributed by atoms with E-state index in [-0.39, 0.29) is 5.91 Å². The van der Waals surface area contributed by atoms with Crippen LogP contribution >= 0.6 is 0 Å². The van der Waals surface area contributed by atoms with Crippen LogP contribution in [0.15, 0.2) is 0 Å². The summed E-state index contributed by atoms with van der Waals surface area (Å²) >= 11 is 0. The molecule has 2 rings (SSSR count). The molecule has 1 N–H and O–H groups in total. The monoisotopic (exact) mass is 255 g/mol. The molecule has 0 unspecified atom stereocenters. The lowest BCUT2D eigenvalue weighted by Crippen LogP contribution is -2.50. The Morgan fingerprint density at radius 3 is 2.28 bits per heavy atom. The number of rotatable bonds is 3. The third-order valence-electron chi connectivity index (χ3n) is 4.18. The first kappa shape index (κ1) is 13.8. The number of hydrogen-bond acceptors (Lipinski definition) is 4. The fourth-order valence-electron chi connectivity index (χ4n) is 2.67. The first-order chi connectivity index (χ1) is 8.69. The Balaban J connectivity index is 1.71. The van der Waals surface area contributed by atoms with Crippen LogP contribution in [0.4, 0.5) is 0 Å². The highest BCUT2D eigenvalue weighted by Crippen LogP contribution is 2.16. The Morgan fingerprint density at radius 2 is 1.72 bits per heavy atom. The van der Waals surface area contributed by atoms with Crippen molar-refractivity contribution in [2.24, 2.45) is 5.92 Å². The Bertz CT molecular complexity index is 269. The fraction of sp³-hybridized carbons (Fsp3) is 0.923. The van der Waals surface area contributed by atoms with Crippen molar-refractivity contribution in [3.63, 3.8) is 0 Å². The third kappa shape index (κ3) is 3.67. The van der Waals surface area contributed by atoms with E-state index in [9.17, 15) is 4.79 Å². The van der Waals surface area contributed by atoms with Crippen molar-refractivity contribution in [1.82, 2.24) is 14.7 Å². The molecule has 0 aromatic carbocycles. The van der Waals surface area contributed by atoms with E-state index in [1.54, 1.807) is 0 Å². The number of carbonyl (C=O) groups excluding carboxylic acids is 1. The zero-order valence-corrected chi connectivity index (χ0v) is 11.3. The molecule has 104 valence electrons. The van der Waals surface area contributed by atoms with Gasteiger partial charge < -0.3 is 14.9 Å². The van der Waals surface area contributed by atoms with Gasteiger partial charge in [0.2, 0.25) is 5.91 Å². The zero-order valence-electron chi connectivity index (χ0n) is 11.3. The summed E-state index contributed by atoms with van der Waals surface area (Å²) in [4.78, 5) is 18.6. The molecule has 0 aromatic heterocycles. The van der Waals surface area contributed by atoms with E-state index >= 15 is 0 Å². The van der Waals surface area contributed by atoms with Gasteiger partial charge in [-0.25, -0.2) is 0 Å². The lowest BCUT2D eigenvalue weighted by Gasteiger charge is -2.35. The van der Waals surface area contributed by atoms with Crippen LogP contribution in [0.1, 0.15) is 12.8 Å². The van der Waals surface area contributed by atoms with Crippen LogP contribution in [0.2, 0.25) is 0 Å². The Hall–Kier alpha value is -0.650. The maximum absolute atomic E-state index is 12.1. The second-order valence-corrected chi connectivity index (χ2v) is 5.59. The molecular weight excluding hydrogens is 230 g/mol. The third-order valence-corrected chi connectivity index (χ3v) is 4.18. The molecule has 2 aliphatic rings. The van der Waals surface area contributed by atoms with Crippen molar-refractivity contribution >= 4 is 5.91 Å². The van der Waals surface area contributed by atoms with Crippen molar-refractivity contribution in [1.29, 1.82) is 0 Å². The van der Waals surface area contributed by atoms with Gasteiger partial charge in [0.15, 0.2) is 0 Å². The highest BCUT2D eigenvalue weighted by Gasteiger charge is 2.24. The second-order valence-electron chi connectivity index (χ2n) is 5.59. The molecule has 0 aliphatic carbocycles. The fourth-order valence-corrected chi connectivity index (χ4v) is 2.67. The molecule has 2 heterocycles. The topological polar surface area (TPSA) is 47.0 Å². The number of hydrogen-bond donors (Lipinski definition) is 1. The van der Waals surface area contributed by atoms with Crippen LogP contribution in [-0.4, -0.2) is 85.2 Å². The number of carbonyl (C=O) groups is 1. The Morgan fingerprint density at radius 1 is 1.11 bits per heavy atom. The van der Waals surface area contributed by atoms with Gasteiger partial charge >= 0.3 is 0 Å². The molecule has 2 fully saturated rings. The molecule has 1 amide bonds. The van der Waals surface area contributed by atoms with Crippen molar-refractivity contribution < 1.29 is 9.90 Å². The first-order valence-electron chi connectivity index (χ1n) is 6.98. The standard InChI is InChI=1S/C13H25N3O2/c1-14-6-8-16(9-7-14)13(18)10-15-4-2-12(11-17)3-5-15/h12,17H,2-11H2,1H3. The van der Waals surface area contributed by atoms with Crippen LogP contribution in [0, 0.1) is 5.92 Å². The Kier molecular flexibility index (Phi) is 4.97. The van der Waals surface area contributed by atoms with Crippen LogP contribution in [-0.2, 0) is 4.79 Å². The molecule has 5 heteroatoms. The number of piperidine rings is 1. The quantitative estimate of drug-likeness (QED) is 0.736. The number of likely N-dealkylation sites (N-methyl/N-ethyl adjacent to an activating group) is 1. The van der Waals surface area contributed by atoms with E-state index in [1.807, 2.05) is 4.90 Å². The van der Waals surface area contributed by atoms with Gasteiger partial charge in [-0.05, 0) is 38.9 Å². The average molecular weight is 255 g/mol. The number of aliphatic hydroxyl groups is 1. The molecular formula is C13H25N3O2. The average Bonchev–Trinajstić information content (AvgIpc) is 2.40. The zero-order chi connectivity index (χ0) is 13.0. The van der Waals surface area contributed by atoms with Gasteiger partial charge in [0.1, 0.15) is 0 Å². The summed E-state index contributed by atoms with van der Waals surface area (Å²) in [6.07, 6.45) is 2.04. The van der Waals surface area contributed by atoms with Crippen LogP contribution < -0.4 is 0 Å². The molecule has 2 aliphatic heterocycles. The smallest absolute Gasteiger partial charge is 0.236 e. The SMILES string of the molecule is CN1CCN(C(=O)CN2CCC(CO)CC2)CC1. The van der Waals surface area contributed by atoms with E-state index in [4.69, 9.17) is 5.11 Å². The lowest BCUT2D eigenvalue weighted by atomic mass is 9.98. The first-order valence-corrected chi connectivity index (χ1v) is 6.98. The van der Waals surface area contributed by atoms with Crippen molar-refractivity contribution in [3.05, 3.63) is 0 Å². The maximum atomic E-state index is 12.1. The predicted octanol–water partition coefficient (Wildman–Crippen LogP) is -0.535. The van der Waals surface area contributed by atoms with Gasteiger partial charge in [-0.1, -0.05) is 0 Å². The summed E-state index contributed by atoms with van der Waals surface area (Å²) in [6.45, 7) is 6.44. The molecule has 0 radical (unpaired) electrons. The summed E-state index contributed by atoms with van der Waals surface area (Å²) in [5.41, 5.74) is 0. The van der Waals surface area contributed by atoms with Gasteiger partial charge in [-0.2, -0.15) is 0 Å². The van der Waals surface area contributed by atoms with E-state index in [0.717, 1.165) is 52.1 Å². The van der Waals surface area contributed by atoms with Crippen molar-refractivity contribution in [3.8, 4) is 0 Å². The van der Waals surface area contributed by atoms with Gasteiger partial charge in [-0.3, -0.25) is 9.69 Å². The summed E-state index contributed by atoms with van der Waals surface area (Å²) in [7, 11) is 2.10. The lowest BCUT2D eigenvalue weighted by molar-refractivity contribution is -0.134. The van der Waals surface area contributed by atoms with E-state index in [0.29, 0.717) is 19.1 Å². The molecule has 0 aromatic rings. The minimum absolute atomic E-state index is 0.269. The largest absolute Gasteiger partial charge is 0.396 e. The summed E-state index contributed by atoms with van der Waals surface area (Å²) in [6, 6.07) is 0. The highest BCUT2D eigenvalue weighted by atomic mass is 16.3. The number of aliphatic hydroxyl groups excluding tert-OH is 1. The molecule has 0 atom stereocenters. The van der Waals surface area contributed by atoms with Crippen LogP contribution in [0.5, 0.6) is 0 Å². The summed E-state index contributed by atoms with van der Waals surface area (Å²) in [5, 5.41) is 9.09. The summed E-state index contributed by atoms with van der Waals surface area (Å²) < 4.78 is 0. The van der Waals surface area contributed by atoms with Gasteiger partial charge in [0, 0.05) is 32.8 Å². The predicted molar refractivity (Wildman–Crippen MR) is 70.3 cm³/mol. The van der Waals surface area contributed by atoms with Gasteiger partial charge in [0.25, 0.3) is 0 Å². The molecule has 18 heavy (non-hydrogen) atoms. The van der Waals surface area contributed by atoms with E-state index in [1.165, 1.54) is 0 Å². The highest BCUT2D eigenvalue weighted by molar-refractivity contribution is 5.78. The number of nitrogens with zero attached hydrogens (tertiary/aromatic N) is 3. The van der Waals surface area contributed by atoms with Crippen LogP contribution in [0.3, 0.4) is 0 Å². The van der Waals surface area contributed by atoms with E-state index < -0.39 is 0 Å².